The molecule has 6 nitrogen and oxygen atoms in total. The van der Waals surface area contributed by atoms with E-state index in [1.54, 1.807) is 0 Å². The van der Waals surface area contributed by atoms with Crippen molar-refractivity contribution in [2.24, 2.45) is 5.73 Å². The Morgan fingerprint density at radius 3 is 2.73 bits per heavy atom. The number of aromatic nitrogens is 2. The zero-order valence-corrected chi connectivity index (χ0v) is 8.00. The van der Waals surface area contributed by atoms with Crippen LogP contribution < -0.4 is 17.0 Å². The Bertz CT molecular complexity index is 514. The van der Waals surface area contributed by atoms with Gasteiger partial charge >= 0.3 is 5.69 Å². The summed E-state index contributed by atoms with van der Waals surface area (Å²) in [5, 5.41) is 0. The first-order valence-corrected chi connectivity index (χ1v) is 4.74. The number of rotatable bonds is 1. The quantitative estimate of drug-likeness (QED) is 0.550. The van der Waals surface area contributed by atoms with Gasteiger partial charge in [0.05, 0.1) is 5.92 Å². The molecule has 1 aliphatic carbocycles. The van der Waals surface area contributed by atoms with Crippen LogP contribution in [0.5, 0.6) is 0 Å². The van der Waals surface area contributed by atoms with Gasteiger partial charge in [-0.3, -0.25) is 14.6 Å². The number of hydrogen-bond acceptors (Lipinski definition) is 3. The molecule has 1 amide bonds. The van der Waals surface area contributed by atoms with Gasteiger partial charge in [-0.25, -0.2) is 4.79 Å². The number of nitrogens with two attached hydrogens (primary N) is 1. The molecule has 0 saturated heterocycles. The Hall–Kier alpha value is -1.85. The maximum absolute atomic E-state index is 11.4. The standard InChI is InChI=1S/C9H11N3O3/c10-7(13)4-2-1-3-5-6(4)11-9(15)12-8(5)14/h4H,1-3H2,(H2,10,13)(H2,11,12,14,15). The summed E-state index contributed by atoms with van der Waals surface area (Å²) >= 11 is 0. The number of aromatic amines is 2. The van der Waals surface area contributed by atoms with Crippen molar-refractivity contribution in [2.45, 2.75) is 25.2 Å². The summed E-state index contributed by atoms with van der Waals surface area (Å²) in [7, 11) is 0. The van der Waals surface area contributed by atoms with Crippen molar-refractivity contribution in [1.82, 2.24) is 9.97 Å². The zero-order chi connectivity index (χ0) is 11.0. The summed E-state index contributed by atoms with van der Waals surface area (Å²) < 4.78 is 0. The second-order valence-electron chi connectivity index (χ2n) is 3.65. The molecular weight excluding hydrogens is 198 g/mol. The highest BCUT2D eigenvalue weighted by Crippen LogP contribution is 2.26. The lowest BCUT2D eigenvalue weighted by Crippen LogP contribution is -2.35. The van der Waals surface area contributed by atoms with Gasteiger partial charge < -0.3 is 10.7 Å². The average Bonchev–Trinajstić information content (AvgIpc) is 2.16. The largest absolute Gasteiger partial charge is 0.369 e. The van der Waals surface area contributed by atoms with Crippen LogP contribution in [0.4, 0.5) is 0 Å². The first-order chi connectivity index (χ1) is 7.09. The number of primary amides is 1. The number of hydrogen-bond donors (Lipinski definition) is 3. The van der Waals surface area contributed by atoms with E-state index in [1.807, 2.05) is 0 Å². The van der Waals surface area contributed by atoms with Gasteiger partial charge in [0.15, 0.2) is 0 Å². The number of fused-ring (bicyclic) bond motifs is 1. The minimum absolute atomic E-state index is 0.391. The second-order valence-corrected chi connectivity index (χ2v) is 3.65. The SMILES string of the molecule is NC(=O)C1CCCc2c1[nH]c(=O)[nH]c2=O. The number of nitrogens with one attached hydrogen (secondary N) is 2. The third kappa shape index (κ3) is 1.58. The molecule has 1 aliphatic rings. The summed E-state index contributed by atoms with van der Waals surface area (Å²) in [5.74, 6) is -1.04. The first kappa shape index (κ1) is 9.70. The molecule has 1 atom stereocenters. The lowest BCUT2D eigenvalue weighted by molar-refractivity contribution is -0.119. The third-order valence-corrected chi connectivity index (χ3v) is 2.69. The fraction of sp³-hybridized carbons (Fsp3) is 0.444. The molecule has 1 aromatic heterocycles. The highest BCUT2D eigenvalue weighted by atomic mass is 16.2. The molecular formula is C9H11N3O3. The van der Waals surface area contributed by atoms with E-state index in [1.165, 1.54) is 0 Å². The predicted molar refractivity (Wildman–Crippen MR) is 52.6 cm³/mol. The van der Waals surface area contributed by atoms with E-state index >= 15 is 0 Å². The molecule has 0 saturated carbocycles. The molecule has 2 rings (SSSR count). The summed E-state index contributed by atoms with van der Waals surface area (Å²) in [6, 6.07) is 0. The smallest absolute Gasteiger partial charge is 0.325 e. The molecule has 4 N–H and O–H groups in total. The van der Waals surface area contributed by atoms with Crippen molar-refractivity contribution in [1.29, 1.82) is 0 Å². The van der Waals surface area contributed by atoms with Gasteiger partial charge in [0, 0.05) is 11.3 Å². The van der Waals surface area contributed by atoms with Gasteiger partial charge in [-0.05, 0) is 19.3 Å². The van der Waals surface area contributed by atoms with Crippen LogP contribution >= 0.6 is 0 Å². The number of carbonyl (C=O) groups excluding carboxylic acids is 1. The van der Waals surface area contributed by atoms with E-state index in [-0.39, 0.29) is 0 Å². The van der Waals surface area contributed by atoms with Crippen LogP contribution in [-0.2, 0) is 11.2 Å². The Morgan fingerprint density at radius 1 is 1.33 bits per heavy atom. The van der Waals surface area contributed by atoms with Crippen LogP contribution in [0.25, 0.3) is 0 Å². The number of H-pyrrole nitrogens is 2. The Labute approximate surface area is 84.5 Å². The minimum atomic E-state index is -0.591. The molecule has 0 radical (unpaired) electrons. The molecule has 1 unspecified atom stereocenters. The second kappa shape index (κ2) is 3.38. The molecule has 1 heterocycles. The maximum atomic E-state index is 11.4. The Kier molecular flexibility index (Phi) is 2.18. The van der Waals surface area contributed by atoms with Crippen molar-refractivity contribution >= 4 is 5.91 Å². The molecule has 0 aromatic carbocycles. The molecule has 0 fully saturated rings. The Balaban J connectivity index is 2.66. The number of carbonyl (C=O) groups is 1. The van der Waals surface area contributed by atoms with Gasteiger partial charge in [0.1, 0.15) is 0 Å². The molecule has 15 heavy (non-hydrogen) atoms. The van der Waals surface area contributed by atoms with Crippen LogP contribution in [0.3, 0.4) is 0 Å². The van der Waals surface area contributed by atoms with E-state index in [9.17, 15) is 14.4 Å². The van der Waals surface area contributed by atoms with Crippen molar-refractivity contribution in [3.05, 3.63) is 32.1 Å². The van der Waals surface area contributed by atoms with Gasteiger partial charge in [0.2, 0.25) is 5.91 Å². The van der Waals surface area contributed by atoms with Crippen LogP contribution in [-0.4, -0.2) is 15.9 Å². The molecule has 6 heteroatoms. The lowest BCUT2D eigenvalue weighted by Gasteiger charge is -2.20. The van der Waals surface area contributed by atoms with Crippen molar-refractivity contribution in [3.63, 3.8) is 0 Å². The van der Waals surface area contributed by atoms with E-state index in [0.29, 0.717) is 24.1 Å². The maximum Gasteiger partial charge on any atom is 0.325 e. The zero-order valence-electron chi connectivity index (χ0n) is 8.00. The fourth-order valence-electron chi connectivity index (χ4n) is 1.99. The van der Waals surface area contributed by atoms with E-state index in [0.717, 1.165) is 6.42 Å². The molecule has 0 aliphatic heterocycles. The fourth-order valence-corrected chi connectivity index (χ4v) is 1.99. The molecule has 0 bridgehead atoms. The summed E-state index contributed by atoms with van der Waals surface area (Å²) in [4.78, 5) is 38.2. The monoisotopic (exact) mass is 209 g/mol. The van der Waals surface area contributed by atoms with Gasteiger partial charge in [0.25, 0.3) is 5.56 Å². The molecule has 0 spiro atoms. The normalized spacial score (nSPS) is 19.6. The first-order valence-electron chi connectivity index (χ1n) is 4.74. The topological polar surface area (TPSA) is 109 Å². The van der Waals surface area contributed by atoms with Gasteiger partial charge in [-0.2, -0.15) is 0 Å². The van der Waals surface area contributed by atoms with E-state index < -0.39 is 23.1 Å². The van der Waals surface area contributed by atoms with Crippen LogP contribution in [0.1, 0.15) is 30.0 Å². The van der Waals surface area contributed by atoms with Crippen molar-refractivity contribution < 1.29 is 4.79 Å². The third-order valence-electron chi connectivity index (χ3n) is 2.69. The van der Waals surface area contributed by atoms with Gasteiger partial charge in [-0.15, -0.1) is 0 Å². The summed E-state index contributed by atoms with van der Waals surface area (Å²) in [5.41, 5.74) is 5.07. The highest BCUT2D eigenvalue weighted by Gasteiger charge is 2.27. The summed E-state index contributed by atoms with van der Waals surface area (Å²) in [6.07, 6.45) is 1.89. The predicted octanol–water partition coefficient (Wildman–Crippen LogP) is -1.03. The van der Waals surface area contributed by atoms with Crippen molar-refractivity contribution in [2.75, 3.05) is 0 Å². The van der Waals surface area contributed by atoms with E-state index in [4.69, 9.17) is 5.73 Å². The molecule has 1 aromatic rings. The highest BCUT2D eigenvalue weighted by molar-refractivity contribution is 5.81. The Morgan fingerprint density at radius 2 is 2.07 bits per heavy atom. The lowest BCUT2D eigenvalue weighted by atomic mass is 9.87. The van der Waals surface area contributed by atoms with Crippen molar-refractivity contribution in [3.8, 4) is 0 Å². The van der Waals surface area contributed by atoms with Crippen LogP contribution in [0, 0.1) is 0 Å². The molecule has 80 valence electrons. The van der Waals surface area contributed by atoms with E-state index in [2.05, 4.69) is 9.97 Å². The minimum Gasteiger partial charge on any atom is -0.369 e. The van der Waals surface area contributed by atoms with Gasteiger partial charge in [-0.1, -0.05) is 0 Å². The number of amides is 1. The van der Waals surface area contributed by atoms with Crippen LogP contribution in [0.15, 0.2) is 9.59 Å². The average molecular weight is 209 g/mol. The van der Waals surface area contributed by atoms with Crippen LogP contribution in [0.2, 0.25) is 0 Å². The summed E-state index contributed by atoms with van der Waals surface area (Å²) in [6.45, 7) is 0.